The SMILES string of the molecule is CC(=O)N1c2cnccc2[C@H](Nc2ccccc2)[C@@H](C)C1C1CC1. The molecule has 24 heavy (non-hydrogen) atoms. The van der Waals surface area contributed by atoms with Crippen molar-refractivity contribution in [3.05, 3.63) is 54.4 Å². The van der Waals surface area contributed by atoms with Gasteiger partial charge in [-0.05, 0) is 37.0 Å². The van der Waals surface area contributed by atoms with Gasteiger partial charge >= 0.3 is 0 Å². The Hall–Kier alpha value is -2.36. The topological polar surface area (TPSA) is 45.2 Å². The lowest BCUT2D eigenvalue weighted by molar-refractivity contribution is -0.117. The molecule has 1 amide bonds. The molecule has 1 unspecified atom stereocenters. The molecule has 1 aliphatic carbocycles. The van der Waals surface area contributed by atoms with Gasteiger partial charge in [-0.15, -0.1) is 0 Å². The van der Waals surface area contributed by atoms with Gasteiger partial charge in [0, 0.05) is 36.3 Å². The van der Waals surface area contributed by atoms with Gasteiger partial charge in [0.25, 0.3) is 0 Å². The molecule has 2 heterocycles. The van der Waals surface area contributed by atoms with E-state index in [4.69, 9.17) is 0 Å². The number of carbonyl (C=O) groups is 1. The summed E-state index contributed by atoms with van der Waals surface area (Å²) in [6.07, 6.45) is 6.09. The average molecular weight is 321 g/mol. The van der Waals surface area contributed by atoms with E-state index < -0.39 is 0 Å². The molecule has 1 aromatic heterocycles. The molecule has 1 aliphatic heterocycles. The highest BCUT2D eigenvalue weighted by molar-refractivity contribution is 5.94. The molecule has 4 heteroatoms. The standard InChI is InChI=1S/C20H23N3O/c1-13-19(22-16-6-4-3-5-7-16)17-10-11-21-12-18(17)23(14(2)24)20(13)15-8-9-15/h3-7,10-13,15,19-20,22H,8-9H2,1-2H3/t13-,19-,20?/m1/s1. The molecule has 4 rings (SSSR count). The Kier molecular flexibility index (Phi) is 3.75. The van der Waals surface area contributed by atoms with Crippen molar-refractivity contribution in [2.75, 3.05) is 10.2 Å². The first-order valence-corrected chi connectivity index (χ1v) is 8.72. The largest absolute Gasteiger partial charge is 0.378 e. The van der Waals surface area contributed by atoms with Gasteiger partial charge in [-0.3, -0.25) is 9.78 Å². The number of carbonyl (C=O) groups excluding carboxylic acids is 1. The van der Waals surface area contributed by atoms with Gasteiger partial charge in [0.05, 0.1) is 17.9 Å². The molecule has 4 nitrogen and oxygen atoms in total. The van der Waals surface area contributed by atoms with Gasteiger partial charge in [-0.1, -0.05) is 25.1 Å². The van der Waals surface area contributed by atoms with E-state index in [1.807, 2.05) is 41.6 Å². The lowest BCUT2D eigenvalue weighted by atomic mass is 9.80. The molecule has 1 fully saturated rings. The molecule has 2 aliphatic rings. The summed E-state index contributed by atoms with van der Waals surface area (Å²) in [5.74, 6) is 1.07. The van der Waals surface area contributed by atoms with Crippen LogP contribution in [0, 0.1) is 11.8 Å². The first-order chi connectivity index (χ1) is 11.7. The monoisotopic (exact) mass is 321 g/mol. The van der Waals surface area contributed by atoms with Crippen molar-refractivity contribution in [2.45, 2.75) is 38.8 Å². The van der Waals surface area contributed by atoms with Crippen LogP contribution in [-0.4, -0.2) is 16.9 Å². The number of hydrogen-bond acceptors (Lipinski definition) is 3. The van der Waals surface area contributed by atoms with Crippen LogP contribution >= 0.6 is 0 Å². The van der Waals surface area contributed by atoms with Crippen LogP contribution in [0.1, 0.15) is 38.3 Å². The fraction of sp³-hybridized carbons (Fsp3) is 0.400. The average Bonchev–Trinajstić information content (AvgIpc) is 3.42. The minimum absolute atomic E-state index is 0.117. The molecule has 3 atom stereocenters. The van der Waals surface area contributed by atoms with E-state index in [9.17, 15) is 4.79 Å². The van der Waals surface area contributed by atoms with Crippen molar-refractivity contribution in [1.29, 1.82) is 0 Å². The fourth-order valence-electron chi connectivity index (χ4n) is 4.12. The van der Waals surface area contributed by atoms with Crippen molar-refractivity contribution in [3.8, 4) is 0 Å². The van der Waals surface area contributed by atoms with Gasteiger partial charge in [0.1, 0.15) is 0 Å². The van der Waals surface area contributed by atoms with Gasteiger partial charge in [0.2, 0.25) is 5.91 Å². The summed E-state index contributed by atoms with van der Waals surface area (Å²) in [5.41, 5.74) is 3.24. The Morgan fingerprint density at radius 1 is 1.21 bits per heavy atom. The van der Waals surface area contributed by atoms with E-state index in [1.54, 1.807) is 6.92 Å². The minimum Gasteiger partial charge on any atom is -0.378 e. The molecule has 0 bridgehead atoms. The lowest BCUT2D eigenvalue weighted by Crippen LogP contribution is -2.51. The number of hydrogen-bond donors (Lipinski definition) is 1. The number of fused-ring (bicyclic) bond motifs is 1. The summed E-state index contributed by atoms with van der Waals surface area (Å²) in [4.78, 5) is 18.7. The highest BCUT2D eigenvalue weighted by atomic mass is 16.2. The van der Waals surface area contributed by atoms with E-state index >= 15 is 0 Å². The van der Waals surface area contributed by atoms with Crippen LogP contribution in [0.25, 0.3) is 0 Å². The number of benzene rings is 1. The van der Waals surface area contributed by atoms with Crippen molar-refractivity contribution >= 4 is 17.3 Å². The van der Waals surface area contributed by atoms with E-state index in [0.717, 1.165) is 16.9 Å². The molecule has 1 aromatic carbocycles. The number of nitrogens with one attached hydrogen (secondary N) is 1. The first-order valence-electron chi connectivity index (χ1n) is 8.72. The molecule has 0 saturated heterocycles. The fourth-order valence-corrected chi connectivity index (χ4v) is 4.12. The smallest absolute Gasteiger partial charge is 0.224 e. The third-order valence-electron chi connectivity index (χ3n) is 5.33. The van der Waals surface area contributed by atoms with Gasteiger partial charge < -0.3 is 10.2 Å². The van der Waals surface area contributed by atoms with Crippen LogP contribution in [0.2, 0.25) is 0 Å². The zero-order valence-corrected chi connectivity index (χ0v) is 14.1. The van der Waals surface area contributed by atoms with Gasteiger partial charge in [0.15, 0.2) is 0 Å². The number of rotatable bonds is 3. The van der Waals surface area contributed by atoms with Crippen molar-refractivity contribution in [1.82, 2.24) is 4.98 Å². The number of pyridine rings is 1. The normalized spacial score (nSPS) is 25.9. The number of para-hydroxylation sites is 1. The second-order valence-electron chi connectivity index (χ2n) is 7.00. The molecule has 2 aromatic rings. The Labute approximate surface area is 142 Å². The number of amides is 1. The minimum atomic E-state index is 0.117. The zero-order valence-electron chi connectivity index (χ0n) is 14.1. The highest BCUT2D eigenvalue weighted by Gasteiger charge is 2.47. The summed E-state index contributed by atoms with van der Waals surface area (Å²) in [7, 11) is 0. The third kappa shape index (κ3) is 2.56. The molecular weight excluding hydrogens is 298 g/mol. The van der Waals surface area contributed by atoms with E-state index in [2.05, 4.69) is 29.4 Å². The molecule has 124 valence electrons. The van der Waals surface area contributed by atoms with Gasteiger partial charge in [-0.25, -0.2) is 0 Å². The van der Waals surface area contributed by atoms with Crippen LogP contribution in [0.4, 0.5) is 11.4 Å². The van der Waals surface area contributed by atoms with E-state index in [-0.39, 0.29) is 18.0 Å². The summed E-state index contributed by atoms with van der Waals surface area (Å²) in [5, 5.41) is 3.69. The Balaban J connectivity index is 1.78. The van der Waals surface area contributed by atoms with E-state index in [0.29, 0.717) is 11.8 Å². The van der Waals surface area contributed by atoms with Crippen LogP contribution < -0.4 is 10.2 Å². The molecule has 1 saturated carbocycles. The van der Waals surface area contributed by atoms with Crippen LogP contribution in [0.15, 0.2) is 48.8 Å². The maximum absolute atomic E-state index is 12.4. The molecule has 0 radical (unpaired) electrons. The van der Waals surface area contributed by atoms with E-state index in [1.165, 1.54) is 12.8 Å². The van der Waals surface area contributed by atoms with Crippen molar-refractivity contribution in [3.63, 3.8) is 0 Å². The highest BCUT2D eigenvalue weighted by Crippen LogP contribution is 2.49. The third-order valence-corrected chi connectivity index (χ3v) is 5.33. The second-order valence-corrected chi connectivity index (χ2v) is 7.00. The van der Waals surface area contributed by atoms with Crippen molar-refractivity contribution in [2.24, 2.45) is 11.8 Å². The lowest BCUT2D eigenvalue weighted by Gasteiger charge is -2.45. The number of aromatic nitrogens is 1. The maximum Gasteiger partial charge on any atom is 0.224 e. The van der Waals surface area contributed by atoms with Crippen molar-refractivity contribution < 1.29 is 4.79 Å². The van der Waals surface area contributed by atoms with Gasteiger partial charge in [-0.2, -0.15) is 0 Å². The predicted octanol–water partition coefficient (Wildman–Crippen LogP) is 4.02. The quantitative estimate of drug-likeness (QED) is 0.929. The van der Waals surface area contributed by atoms with Crippen LogP contribution in [-0.2, 0) is 4.79 Å². The molecular formula is C20H23N3O. The molecule has 1 N–H and O–H groups in total. The zero-order chi connectivity index (χ0) is 16.7. The predicted molar refractivity (Wildman–Crippen MR) is 95.9 cm³/mol. The Morgan fingerprint density at radius 3 is 2.62 bits per heavy atom. The second kappa shape index (κ2) is 5.93. The Morgan fingerprint density at radius 2 is 1.96 bits per heavy atom. The summed E-state index contributed by atoms with van der Waals surface area (Å²) >= 11 is 0. The first kappa shape index (κ1) is 15.2. The molecule has 0 spiro atoms. The number of nitrogens with zero attached hydrogens (tertiary/aromatic N) is 2. The summed E-state index contributed by atoms with van der Waals surface area (Å²) in [6.45, 7) is 3.94. The van der Waals surface area contributed by atoms with Crippen LogP contribution in [0.5, 0.6) is 0 Å². The summed E-state index contributed by atoms with van der Waals surface area (Å²) < 4.78 is 0. The van der Waals surface area contributed by atoms with Crippen LogP contribution in [0.3, 0.4) is 0 Å². The summed E-state index contributed by atoms with van der Waals surface area (Å²) in [6, 6.07) is 12.8. The number of anilines is 2. The maximum atomic E-state index is 12.4. The Bertz CT molecular complexity index is 742.